The highest BCUT2D eigenvalue weighted by atomic mass is 32.1. The normalized spacial score (nSPS) is 12.9. The number of hydrogen-bond acceptors (Lipinski definition) is 3. The molecule has 0 spiro atoms. The average molecular weight is 334 g/mol. The molecule has 2 heterocycles. The Bertz CT molecular complexity index is 840. The molecule has 3 nitrogen and oxygen atoms in total. The fourth-order valence-corrected chi connectivity index (χ4v) is 3.81. The van der Waals surface area contributed by atoms with Crippen LogP contribution in [-0.4, -0.2) is 12.5 Å². The Kier molecular flexibility index (Phi) is 4.05. The summed E-state index contributed by atoms with van der Waals surface area (Å²) in [6.07, 6.45) is 1.51. The van der Waals surface area contributed by atoms with E-state index in [1.807, 2.05) is 29.6 Å². The summed E-state index contributed by atoms with van der Waals surface area (Å²) in [7, 11) is 0. The lowest BCUT2D eigenvalue weighted by molar-refractivity contribution is -0.115. The number of amides is 1. The van der Waals surface area contributed by atoms with Crippen molar-refractivity contribution in [1.82, 2.24) is 0 Å². The van der Waals surface area contributed by atoms with Crippen molar-refractivity contribution >= 4 is 34.3 Å². The third kappa shape index (κ3) is 3.05. The zero-order chi connectivity index (χ0) is 16.4. The van der Waals surface area contributed by atoms with Crippen molar-refractivity contribution in [3.63, 3.8) is 0 Å². The summed E-state index contributed by atoms with van der Waals surface area (Å²) in [6.45, 7) is 1.00. The molecule has 1 amide bonds. The molecule has 0 saturated heterocycles. The number of thiophene rings is 1. The number of para-hydroxylation sites is 1. The number of nitrogens with zero attached hydrogens (tertiary/aromatic N) is 1. The van der Waals surface area contributed by atoms with Gasteiger partial charge in [0.1, 0.15) is 0 Å². The largest absolute Gasteiger partial charge is 0.341 e. The zero-order valence-electron chi connectivity index (χ0n) is 13.2. The molecule has 0 unspecified atom stereocenters. The highest BCUT2D eigenvalue weighted by Gasteiger charge is 2.19. The lowest BCUT2D eigenvalue weighted by Gasteiger charge is -2.20. The molecule has 0 saturated carbocycles. The molecule has 4 rings (SSSR count). The van der Waals surface area contributed by atoms with Crippen molar-refractivity contribution in [3.05, 3.63) is 76.5 Å². The standard InChI is InChI=1S/C20H18N2OS/c23-20(14-18-5-3-13-24-18)21-16-7-9-17(10-8-16)22-12-11-15-4-1-2-6-19(15)22/h1-10,13H,11-12,14H2,(H,21,23). The molecular formula is C20H18N2OS. The summed E-state index contributed by atoms with van der Waals surface area (Å²) < 4.78 is 0. The first-order valence-electron chi connectivity index (χ1n) is 8.07. The van der Waals surface area contributed by atoms with Crippen LogP contribution in [0.4, 0.5) is 17.1 Å². The Morgan fingerprint density at radius 1 is 1.04 bits per heavy atom. The second-order valence-electron chi connectivity index (χ2n) is 5.88. The molecule has 4 heteroatoms. The Morgan fingerprint density at radius 2 is 1.88 bits per heavy atom. The summed E-state index contributed by atoms with van der Waals surface area (Å²) in [5.74, 6) is 0.0247. The molecule has 24 heavy (non-hydrogen) atoms. The Morgan fingerprint density at radius 3 is 2.67 bits per heavy atom. The quantitative estimate of drug-likeness (QED) is 0.755. The monoisotopic (exact) mass is 334 g/mol. The second-order valence-corrected chi connectivity index (χ2v) is 6.91. The van der Waals surface area contributed by atoms with Gasteiger partial charge in [0.2, 0.25) is 5.91 Å². The van der Waals surface area contributed by atoms with Gasteiger partial charge in [-0.25, -0.2) is 0 Å². The van der Waals surface area contributed by atoms with Crippen molar-refractivity contribution in [1.29, 1.82) is 0 Å². The average Bonchev–Trinajstić information content (AvgIpc) is 3.25. The number of benzene rings is 2. The second kappa shape index (κ2) is 6.49. The van der Waals surface area contributed by atoms with E-state index in [4.69, 9.17) is 0 Å². The van der Waals surface area contributed by atoms with E-state index >= 15 is 0 Å². The van der Waals surface area contributed by atoms with Gasteiger partial charge in [-0.1, -0.05) is 24.3 Å². The van der Waals surface area contributed by atoms with Crippen LogP contribution >= 0.6 is 11.3 Å². The molecule has 1 N–H and O–H groups in total. The van der Waals surface area contributed by atoms with Crippen LogP contribution in [0.3, 0.4) is 0 Å². The van der Waals surface area contributed by atoms with E-state index in [0.717, 1.165) is 29.2 Å². The van der Waals surface area contributed by atoms with Crippen LogP contribution in [0.1, 0.15) is 10.4 Å². The topological polar surface area (TPSA) is 32.3 Å². The maximum absolute atomic E-state index is 12.1. The van der Waals surface area contributed by atoms with E-state index in [2.05, 4.69) is 46.6 Å². The first-order valence-corrected chi connectivity index (χ1v) is 8.95. The molecule has 1 aromatic heterocycles. The minimum Gasteiger partial charge on any atom is -0.341 e. The van der Waals surface area contributed by atoms with E-state index in [-0.39, 0.29) is 5.91 Å². The Hall–Kier alpha value is -2.59. The summed E-state index contributed by atoms with van der Waals surface area (Å²) in [5.41, 5.74) is 4.68. The molecule has 120 valence electrons. The zero-order valence-corrected chi connectivity index (χ0v) is 14.1. The minimum absolute atomic E-state index is 0.0247. The first-order chi connectivity index (χ1) is 11.8. The third-order valence-corrected chi connectivity index (χ3v) is 5.14. The van der Waals surface area contributed by atoms with Gasteiger partial charge in [0.25, 0.3) is 0 Å². The summed E-state index contributed by atoms with van der Waals surface area (Å²) in [5, 5.41) is 4.96. The predicted molar refractivity (Wildman–Crippen MR) is 100 cm³/mol. The highest BCUT2D eigenvalue weighted by molar-refractivity contribution is 7.10. The van der Waals surface area contributed by atoms with Gasteiger partial charge in [0.05, 0.1) is 6.42 Å². The third-order valence-electron chi connectivity index (χ3n) is 4.26. The van der Waals surface area contributed by atoms with Gasteiger partial charge in [0, 0.05) is 28.5 Å². The first kappa shape index (κ1) is 15.0. The Balaban J connectivity index is 1.45. The molecule has 0 fully saturated rings. The molecule has 1 aliphatic rings. The van der Waals surface area contributed by atoms with Crippen LogP contribution in [0, 0.1) is 0 Å². The van der Waals surface area contributed by atoms with Crippen molar-refractivity contribution in [3.8, 4) is 0 Å². The number of rotatable bonds is 4. The van der Waals surface area contributed by atoms with Crippen molar-refractivity contribution in [2.75, 3.05) is 16.8 Å². The van der Waals surface area contributed by atoms with Gasteiger partial charge in [-0.2, -0.15) is 0 Å². The number of nitrogens with one attached hydrogen (secondary N) is 1. The van der Waals surface area contributed by atoms with E-state index in [0.29, 0.717) is 6.42 Å². The van der Waals surface area contributed by atoms with Gasteiger partial charge >= 0.3 is 0 Å². The molecule has 0 radical (unpaired) electrons. The van der Waals surface area contributed by atoms with Crippen LogP contribution in [-0.2, 0) is 17.6 Å². The minimum atomic E-state index is 0.0247. The summed E-state index contributed by atoms with van der Waals surface area (Å²) >= 11 is 1.61. The Labute approximate surface area is 145 Å². The smallest absolute Gasteiger partial charge is 0.229 e. The molecule has 1 aliphatic heterocycles. The molecular weight excluding hydrogens is 316 g/mol. The molecule has 0 atom stereocenters. The number of anilines is 3. The lowest BCUT2D eigenvalue weighted by Crippen LogP contribution is -2.15. The maximum Gasteiger partial charge on any atom is 0.229 e. The lowest BCUT2D eigenvalue weighted by atomic mass is 10.2. The maximum atomic E-state index is 12.1. The van der Waals surface area contributed by atoms with Crippen LogP contribution in [0.2, 0.25) is 0 Å². The number of fused-ring (bicyclic) bond motifs is 1. The van der Waals surface area contributed by atoms with Crippen molar-refractivity contribution in [2.45, 2.75) is 12.8 Å². The summed E-state index contributed by atoms with van der Waals surface area (Å²) in [6, 6.07) is 20.6. The van der Waals surface area contributed by atoms with Crippen LogP contribution in [0.25, 0.3) is 0 Å². The van der Waals surface area contributed by atoms with E-state index in [1.54, 1.807) is 11.3 Å². The molecule has 2 aromatic carbocycles. The molecule has 3 aromatic rings. The predicted octanol–water partition coefficient (Wildman–Crippen LogP) is 4.62. The molecule has 0 aliphatic carbocycles. The van der Waals surface area contributed by atoms with Gasteiger partial charge in [-0.15, -0.1) is 11.3 Å². The van der Waals surface area contributed by atoms with Crippen molar-refractivity contribution in [2.24, 2.45) is 0 Å². The molecule has 0 bridgehead atoms. The van der Waals surface area contributed by atoms with E-state index in [9.17, 15) is 4.79 Å². The van der Waals surface area contributed by atoms with Crippen LogP contribution < -0.4 is 10.2 Å². The van der Waals surface area contributed by atoms with Crippen LogP contribution in [0.15, 0.2) is 66.0 Å². The van der Waals surface area contributed by atoms with E-state index < -0.39 is 0 Å². The van der Waals surface area contributed by atoms with Crippen molar-refractivity contribution < 1.29 is 4.79 Å². The highest BCUT2D eigenvalue weighted by Crippen LogP contribution is 2.34. The fraction of sp³-hybridized carbons (Fsp3) is 0.150. The number of hydrogen-bond donors (Lipinski definition) is 1. The van der Waals surface area contributed by atoms with Gasteiger partial charge < -0.3 is 10.2 Å². The van der Waals surface area contributed by atoms with E-state index in [1.165, 1.54) is 11.3 Å². The summed E-state index contributed by atoms with van der Waals surface area (Å²) in [4.78, 5) is 15.5. The fourth-order valence-electron chi connectivity index (χ4n) is 3.11. The SMILES string of the molecule is O=C(Cc1cccs1)Nc1ccc(N2CCc3ccccc32)cc1. The van der Waals surface area contributed by atoms with Gasteiger partial charge in [-0.05, 0) is 53.8 Å². The van der Waals surface area contributed by atoms with Gasteiger partial charge in [-0.3, -0.25) is 4.79 Å². The number of carbonyl (C=O) groups excluding carboxylic acids is 1. The van der Waals surface area contributed by atoms with Crippen LogP contribution in [0.5, 0.6) is 0 Å². The number of carbonyl (C=O) groups is 1. The van der Waals surface area contributed by atoms with Gasteiger partial charge in [0.15, 0.2) is 0 Å².